The van der Waals surface area contributed by atoms with E-state index in [-0.39, 0.29) is 18.3 Å². The third-order valence-corrected chi connectivity index (χ3v) is 2.39. The Morgan fingerprint density at radius 1 is 1.41 bits per heavy atom. The Labute approximate surface area is 109 Å². The summed E-state index contributed by atoms with van der Waals surface area (Å²) in [5.74, 6) is 0.639. The van der Waals surface area contributed by atoms with Crippen molar-refractivity contribution in [2.45, 2.75) is 26.7 Å². The molecule has 0 unspecified atom stereocenters. The van der Waals surface area contributed by atoms with Gasteiger partial charge in [-0.3, -0.25) is 4.79 Å². The molecule has 0 aliphatic rings. The van der Waals surface area contributed by atoms with Crippen molar-refractivity contribution in [1.29, 1.82) is 0 Å². The van der Waals surface area contributed by atoms with E-state index in [1.807, 2.05) is 0 Å². The Bertz CT molecular complexity index is 353. The number of benzene rings is 1. The van der Waals surface area contributed by atoms with Crippen LogP contribution in [0, 0.1) is 5.92 Å². The molecular formula is C13H21ClN2O. The first-order valence-corrected chi connectivity index (χ1v) is 5.73. The lowest BCUT2D eigenvalue weighted by Crippen LogP contribution is -2.24. The van der Waals surface area contributed by atoms with Crippen LogP contribution in [0.3, 0.4) is 0 Å². The average molecular weight is 257 g/mol. The fourth-order valence-electron chi connectivity index (χ4n) is 1.49. The van der Waals surface area contributed by atoms with Gasteiger partial charge in [-0.2, -0.15) is 0 Å². The fraction of sp³-hybridized carbons (Fsp3) is 0.462. The van der Waals surface area contributed by atoms with E-state index < -0.39 is 0 Å². The first-order valence-electron chi connectivity index (χ1n) is 5.73. The molecule has 1 amide bonds. The molecule has 0 aliphatic heterocycles. The van der Waals surface area contributed by atoms with Gasteiger partial charge >= 0.3 is 0 Å². The standard InChI is InChI=1S/C13H20N2O.ClH/c1-10(2)5-4-8-15-13(16)11-6-3-7-12(14)9-11;/h3,6-7,9-10H,4-5,8,14H2,1-2H3,(H,15,16);1H. The highest BCUT2D eigenvalue weighted by atomic mass is 35.5. The number of amides is 1. The minimum Gasteiger partial charge on any atom is -0.399 e. The van der Waals surface area contributed by atoms with Crippen molar-refractivity contribution >= 4 is 24.0 Å². The van der Waals surface area contributed by atoms with Gasteiger partial charge in [0.2, 0.25) is 0 Å². The molecule has 0 fully saturated rings. The minimum absolute atomic E-state index is 0. The molecule has 0 saturated heterocycles. The Kier molecular flexibility index (Phi) is 7.39. The van der Waals surface area contributed by atoms with Gasteiger partial charge in [0.15, 0.2) is 0 Å². The monoisotopic (exact) mass is 256 g/mol. The van der Waals surface area contributed by atoms with Gasteiger partial charge in [0.25, 0.3) is 5.91 Å². The summed E-state index contributed by atoms with van der Waals surface area (Å²) in [6.45, 7) is 5.09. The molecule has 96 valence electrons. The highest BCUT2D eigenvalue weighted by Crippen LogP contribution is 2.06. The topological polar surface area (TPSA) is 55.1 Å². The maximum atomic E-state index is 11.7. The van der Waals surface area contributed by atoms with Gasteiger partial charge in [-0.15, -0.1) is 12.4 Å². The molecule has 0 saturated carbocycles. The molecular weight excluding hydrogens is 236 g/mol. The van der Waals surface area contributed by atoms with Crippen LogP contribution < -0.4 is 11.1 Å². The molecule has 0 radical (unpaired) electrons. The number of hydrogen-bond acceptors (Lipinski definition) is 2. The lowest BCUT2D eigenvalue weighted by atomic mass is 10.1. The van der Waals surface area contributed by atoms with E-state index >= 15 is 0 Å². The molecule has 0 spiro atoms. The first-order chi connectivity index (χ1) is 7.59. The van der Waals surface area contributed by atoms with E-state index in [0.717, 1.165) is 19.4 Å². The summed E-state index contributed by atoms with van der Waals surface area (Å²) in [5.41, 5.74) is 6.86. The highest BCUT2D eigenvalue weighted by Gasteiger charge is 2.04. The summed E-state index contributed by atoms with van der Waals surface area (Å²) in [4.78, 5) is 11.7. The predicted octanol–water partition coefficient (Wildman–Crippen LogP) is 2.86. The second-order valence-electron chi connectivity index (χ2n) is 4.42. The Hall–Kier alpha value is -1.22. The number of halogens is 1. The van der Waals surface area contributed by atoms with Gasteiger partial charge in [0.05, 0.1) is 0 Å². The molecule has 17 heavy (non-hydrogen) atoms. The van der Waals surface area contributed by atoms with Crippen molar-refractivity contribution in [3.63, 3.8) is 0 Å². The predicted molar refractivity (Wildman–Crippen MR) is 74.5 cm³/mol. The SMILES string of the molecule is CC(C)CCCNC(=O)c1cccc(N)c1.Cl. The van der Waals surface area contributed by atoms with E-state index in [1.165, 1.54) is 0 Å². The van der Waals surface area contributed by atoms with Gasteiger partial charge in [-0.25, -0.2) is 0 Å². The van der Waals surface area contributed by atoms with Crippen LogP contribution in [0.25, 0.3) is 0 Å². The van der Waals surface area contributed by atoms with Crippen LogP contribution in [0.1, 0.15) is 37.0 Å². The molecule has 3 nitrogen and oxygen atoms in total. The fourth-order valence-corrected chi connectivity index (χ4v) is 1.49. The largest absolute Gasteiger partial charge is 0.399 e. The van der Waals surface area contributed by atoms with Crippen molar-refractivity contribution < 1.29 is 4.79 Å². The molecule has 1 aromatic rings. The Balaban J connectivity index is 0.00000256. The number of anilines is 1. The van der Waals surface area contributed by atoms with Crippen LogP contribution in [0.4, 0.5) is 5.69 Å². The summed E-state index contributed by atoms with van der Waals surface area (Å²) >= 11 is 0. The normalized spacial score (nSPS) is 9.82. The lowest BCUT2D eigenvalue weighted by Gasteiger charge is -2.07. The summed E-state index contributed by atoms with van der Waals surface area (Å²) in [7, 11) is 0. The number of nitrogen functional groups attached to an aromatic ring is 1. The molecule has 0 atom stereocenters. The quantitative estimate of drug-likeness (QED) is 0.629. The van der Waals surface area contributed by atoms with Crippen LogP contribution in [0.15, 0.2) is 24.3 Å². The Morgan fingerprint density at radius 3 is 2.71 bits per heavy atom. The van der Waals surface area contributed by atoms with Crippen molar-refractivity contribution in [2.24, 2.45) is 5.92 Å². The van der Waals surface area contributed by atoms with E-state index in [9.17, 15) is 4.79 Å². The van der Waals surface area contributed by atoms with Crippen molar-refractivity contribution in [1.82, 2.24) is 5.32 Å². The van der Waals surface area contributed by atoms with Crippen LogP contribution >= 0.6 is 12.4 Å². The van der Waals surface area contributed by atoms with E-state index in [0.29, 0.717) is 17.2 Å². The Morgan fingerprint density at radius 2 is 2.12 bits per heavy atom. The number of carbonyl (C=O) groups is 1. The van der Waals surface area contributed by atoms with Crippen molar-refractivity contribution in [3.05, 3.63) is 29.8 Å². The molecule has 1 rings (SSSR count). The third-order valence-electron chi connectivity index (χ3n) is 2.39. The summed E-state index contributed by atoms with van der Waals surface area (Å²) in [6, 6.07) is 7.03. The number of hydrogen-bond donors (Lipinski definition) is 2. The van der Waals surface area contributed by atoms with E-state index in [2.05, 4.69) is 19.2 Å². The van der Waals surface area contributed by atoms with Crippen LogP contribution in [-0.4, -0.2) is 12.5 Å². The molecule has 4 heteroatoms. The zero-order chi connectivity index (χ0) is 12.0. The molecule has 0 aliphatic carbocycles. The van der Waals surface area contributed by atoms with Crippen LogP contribution in [0.2, 0.25) is 0 Å². The zero-order valence-electron chi connectivity index (χ0n) is 10.4. The maximum absolute atomic E-state index is 11.7. The van der Waals surface area contributed by atoms with E-state index in [1.54, 1.807) is 24.3 Å². The van der Waals surface area contributed by atoms with Crippen molar-refractivity contribution in [3.8, 4) is 0 Å². The highest BCUT2D eigenvalue weighted by molar-refractivity contribution is 5.94. The van der Waals surface area contributed by atoms with Gasteiger partial charge in [-0.05, 0) is 37.0 Å². The zero-order valence-corrected chi connectivity index (χ0v) is 11.2. The van der Waals surface area contributed by atoms with Crippen LogP contribution in [0.5, 0.6) is 0 Å². The summed E-state index contributed by atoms with van der Waals surface area (Å²) in [6.07, 6.45) is 2.16. The first kappa shape index (κ1) is 15.8. The molecule has 1 aromatic carbocycles. The van der Waals surface area contributed by atoms with Gasteiger partial charge < -0.3 is 11.1 Å². The summed E-state index contributed by atoms with van der Waals surface area (Å²) in [5, 5.41) is 2.89. The van der Waals surface area contributed by atoms with Gasteiger partial charge in [0, 0.05) is 17.8 Å². The number of rotatable bonds is 5. The number of carbonyl (C=O) groups excluding carboxylic acids is 1. The molecule has 0 bridgehead atoms. The number of nitrogens with one attached hydrogen (secondary N) is 1. The summed E-state index contributed by atoms with van der Waals surface area (Å²) < 4.78 is 0. The number of nitrogens with two attached hydrogens (primary N) is 1. The second kappa shape index (κ2) is 7.96. The smallest absolute Gasteiger partial charge is 0.251 e. The minimum atomic E-state index is -0.0453. The van der Waals surface area contributed by atoms with Gasteiger partial charge in [-0.1, -0.05) is 19.9 Å². The van der Waals surface area contributed by atoms with Gasteiger partial charge in [0.1, 0.15) is 0 Å². The average Bonchev–Trinajstić information content (AvgIpc) is 2.24. The molecule has 0 aromatic heterocycles. The maximum Gasteiger partial charge on any atom is 0.251 e. The molecule has 3 N–H and O–H groups in total. The third kappa shape index (κ3) is 6.17. The second-order valence-corrected chi connectivity index (χ2v) is 4.42. The van der Waals surface area contributed by atoms with Crippen LogP contribution in [-0.2, 0) is 0 Å². The molecule has 0 heterocycles. The lowest BCUT2D eigenvalue weighted by molar-refractivity contribution is 0.0952. The van der Waals surface area contributed by atoms with E-state index in [4.69, 9.17) is 5.73 Å². The van der Waals surface area contributed by atoms with Crippen molar-refractivity contribution in [2.75, 3.05) is 12.3 Å².